The summed E-state index contributed by atoms with van der Waals surface area (Å²) in [5.74, 6) is 1.31. The van der Waals surface area contributed by atoms with Crippen molar-refractivity contribution in [2.75, 3.05) is 0 Å². The summed E-state index contributed by atoms with van der Waals surface area (Å²) in [6, 6.07) is 7.48. The molecule has 3 aromatic rings. The van der Waals surface area contributed by atoms with E-state index in [-0.39, 0.29) is 11.2 Å². The average molecular weight is 509 g/mol. The second-order valence-corrected chi connectivity index (χ2v) is 10.7. The Morgan fingerprint density at radius 2 is 1.61 bits per heavy atom. The Bertz CT molecular complexity index is 1390. The molecule has 1 N–H and O–H groups in total. The van der Waals surface area contributed by atoms with Crippen LogP contribution in [0.3, 0.4) is 0 Å². The summed E-state index contributed by atoms with van der Waals surface area (Å²) in [5, 5.41) is -0.547. The summed E-state index contributed by atoms with van der Waals surface area (Å²) in [7, 11) is 0. The van der Waals surface area contributed by atoms with Crippen LogP contribution in [0.2, 0.25) is 0 Å². The van der Waals surface area contributed by atoms with Gasteiger partial charge in [-0.05, 0) is 66.8 Å². The second kappa shape index (κ2) is 11.0. The summed E-state index contributed by atoms with van der Waals surface area (Å²) in [6.45, 7) is 1.06. The van der Waals surface area contributed by atoms with E-state index in [4.69, 9.17) is 16.6 Å². The van der Waals surface area contributed by atoms with Crippen molar-refractivity contribution in [1.29, 1.82) is 0 Å². The topological polar surface area (TPSA) is 89.8 Å². The number of allylic oxidation sites excluding steroid dienone is 1. The Hall–Kier alpha value is -2.93. The van der Waals surface area contributed by atoms with Crippen LogP contribution in [0.25, 0.3) is 28.6 Å². The van der Waals surface area contributed by atoms with Crippen LogP contribution in [0, 0.1) is 11.8 Å². The molecule has 2 aliphatic carbocycles. The molecule has 1 aromatic carbocycles. The quantitative estimate of drug-likeness (QED) is 0.337. The number of fused-ring (bicyclic) bond motifs is 1. The van der Waals surface area contributed by atoms with Crippen molar-refractivity contribution in [3.63, 3.8) is 0 Å². The lowest BCUT2D eigenvalue weighted by Gasteiger charge is -2.24. The first-order valence-corrected chi connectivity index (χ1v) is 13.6. The van der Waals surface area contributed by atoms with E-state index in [2.05, 4.69) is 4.98 Å². The number of aromatic nitrogens is 4. The van der Waals surface area contributed by atoms with Crippen LogP contribution in [0.1, 0.15) is 69.8 Å². The first-order chi connectivity index (χ1) is 17.5. The maximum absolute atomic E-state index is 13.7. The standard InChI is InChI=1S/C28H33ClN4O3/c29-23(34)15-14-19-12-7-13-22(16-19)25-30-24-26(31-25)32(17-20-8-3-1-4-9-20)28(36)33(27(24)35)18-21-10-5-2-6-11-21/h7,12-16,20-21H,1-6,8-11,17-18H2,(H,30,31). The molecule has 5 rings (SSSR count). The van der Waals surface area contributed by atoms with E-state index in [0.29, 0.717) is 41.9 Å². The Kier molecular flexibility index (Phi) is 7.56. The Labute approximate surface area is 215 Å². The number of carbonyl (C=O) groups excluding carboxylic acids is 1. The highest BCUT2D eigenvalue weighted by molar-refractivity contribution is 6.66. The molecule has 0 amide bonds. The van der Waals surface area contributed by atoms with E-state index in [1.165, 1.54) is 36.3 Å². The van der Waals surface area contributed by atoms with Crippen molar-refractivity contribution in [3.05, 3.63) is 56.7 Å². The molecule has 190 valence electrons. The molecule has 0 bridgehead atoms. The molecule has 2 saturated carbocycles. The van der Waals surface area contributed by atoms with Gasteiger partial charge >= 0.3 is 5.69 Å². The highest BCUT2D eigenvalue weighted by Crippen LogP contribution is 2.27. The molecule has 0 spiro atoms. The van der Waals surface area contributed by atoms with Crippen LogP contribution in [0.15, 0.2) is 39.9 Å². The number of hydrogen-bond donors (Lipinski definition) is 1. The molecule has 8 heteroatoms. The minimum Gasteiger partial charge on any atom is -0.332 e. The van der Waals surface area contributed by atoms with Gasteiger partial charge < -0.3 is 4.98 Å². The molecule has 7 nitrogen and oxygen atoms in total. The van der Waals surface area contributed by atoms with Gasteiger partial charge in [0.05, 0.1) is 0 Å². The summed E-state index contributed by atoms with van der Waals surface area (Å²) >= 11 is 5.44. The zero-order chi connectivity index (χ0) is 25.1. The van der Waals surface area contributed by atoms with Crippen LogP contribution in [0.4, 0.5) is 0 Å². The third kappa shape index (κ3) is 5.41. The van der Waals surface area contributed by atoms with Crippen molar-refractivity contribution < 1.29 is 4.79 Å². The molecule has 2 fully saturated rings. The van der Waals surface area contributed by atoms with Gasteiger partial charge in [-0.2, -0.15) is 0 Å². The van der Waals surface area contributed by atoms with Gasteiger partial charge in [-0.3, -0.25) is 18.7 Å². The van der Waals surface area contributed by atoms with Crippen LogP contribution in [-0.2, 0) is 17.9 Å². The molecule has 0 aliphatic heterocycles. The predicted octanol–water partition coefficient (Wildman–Crippen LogP) is 5.49. The van der Waals surface area contributed by atoms with E-state index in [1.54, 1.807) is 10.6 Å². The number of imidazole rings is 1. The van der Waals surface area contributed by atoms with Gasteiger partial charge in [-0.25, -0.2) is 9.78 Å². The molecular formula is C28H33ClN4O3. The zero-order valence-electron chi connectivity index (χ0n) is 20.5. The number of rotatable bonds is 7. The van der Waals surface area contributed by atoms with Gasteiger partial charge in [0.2, 0.25) is 5.24 Å². The highest BCUT2D eigenvalue weighted by atomic mass is 35.5. The number of carbonyl (C=O) groups is 1. The van der Waals surface area contributed by atoms with Crippen LogP contribution >= 0.6 is 11.6 Å². The maximum atomic E-state index is 13.7. The van der Waals surface area contributed by atoms with Gasteiger partial charge in [0, 0.05) is 18.7 Å². The fourth-order valence-corrected chi connectivity index (χ4v) is 5.90. The van der Waals surface area contributed by atoms with Crippen molar-refractivity contribution in [1.82, 2.24) is 19.1 Å². The number of nitrogens with zero attached hydrogens (tertiary/aromatic N) is 3. The van der Waals surface area contributed by atoms with E-state index >= 15 is 0 Å². The van der Waals surface area contributed by atoms with E-state index < -0.39 is 5.24 Å². The Morgan fingerprint density at radius 3 is 2.25 bits per heavy atom. The van der Waals surface area contributed by atoms with E-state index in [1.807, 2.05) is 24.3 Å². The lowest BCUT2D eigenvalue weighted by Crippen LogP contribution is -2.42. The highest BCUT2D eigenvalue weighted by Gasteiger charge is 2.24. The second-order valence-electron chi connectivity index (χ2n) is 10.4. The van der Waals surface area contributed by atoms with Crippen molar-refractivity contribution in [2.24, 2.45) is 11.8 Å². The summed E-state index contributed by atoms with van der Waals surface area (Å²) in [4.78, 5) is 46.4. The molecule has 0 unspecified atom stereocenters. The third-order valence-corrected chi connectivity index (χ3v) is 7.89. The minimum absolute atomic E-state index is 0.237. The van der Waals surface area contributed by atoms with Gasteiger partial charge in [-0.15, -0.1) is 0 Å². The van der Waals surface area contributed by atoms with Crippen LogP contribution in [0.5, 0.6) is 0 Å². The monoisotopic (exact) mass is 508 g/mol. The maximum Gasteiger partial charge on any atom is 0.332 e. The Morgan fingerprint density at radius 1 is 0.972 bits per heavy atom. The SMILES string of the molecule is O=C(Cl)C=Cc1cccc(-c2nc3c([nH]2)c(=O)n(CC2CCCCC2)c(=O)n3CC2CCCCC2)c1. The largest absolute Gasteiger partial charge is 0.332 e. The Balaban J connectivity index is 1.59. The van der Waals surface area contributed by atoms with Crippen molar-refractivity contribution in [3.8, 4) is 11.4 Å². The number of halogens is 1. The summed E-state index contributed by atoms with van der Waals surface area (Å²) in [6.07, 6.45) is 14.4. The fraction of sp³-hybridized carbons (Fsp3) is 0.500. The summed E-state index contributed by atoms with van der Waals surface area (Å²) < 4.78 is 3.19. The van der Waals surface area contributed by atoms with Gasteiger partial charge in [-0.1, -0.05) is 62.8 Å². The van der Waals surface area contributed by atoms with Crippen molar-refractivity contribution in [2.45, 2.75) is 77.3 Å². The molecule has 2 heterocycles. The van der Waals surface area contributed by atoms with Crippen LogP contribution in [-0.4, -0.2) is 24.3 Å². The lowest BCUT2D eigenvalue weighted by molar-refractivity contribution is -0.107. The smallest absolute Gasteiger partial charge is 0.332 e. The molecular weight excluding hydrogens is 476 g/mol. The van der Waals surface area contributed by atoms with E-state index in [0.717, 1.165) is 49.7 Å². The van der Waals surface area contributed by atoms with Gasteiger partial charge in [0.15, 0.2) is 5.65 Å². The minimum atomic E-state index is -0.547. The first kappa shape index (κ1) is 24.8. The number of nitrogens with one attached hydrogen (secondary N) is 1. The number of H-pyrrole nitrogens is 1. The van der Waals surface area contributed by atoms with Crippen LogP contribution < -0.4 is 11.2 Å². The number of benzene rings is 1. The molecule has 0 radical (unpaired) electrons. The predicted molar refractivity (Wildman–Crippen MR) is 143 cm³/mol. The molecule has 0 atom stereocenters. The van der Waals surface area contributed by atoms with Crippen molar-refractivity contribution >= 4 is 34.1 Å². The molecule has 36 heavy (non-hydrogen) atoms. The normalized spacial score (nSPS) is 17.8. The average Bonchev–Trinajstić information content (AvgIpc) is 3.35. The number of hydrogen-bond acceptors (Lipinski definition) is 4. The molecule has 0 saturated heterocycles. The first-order valence-electron chi connectivity index (χ1n) is 13.2. The van der Waals surface area contributed by atoms with E-state index in [9.17, 15) is 14.4 Å². The summed E-state index contributed by atoms with van der Waals surface area (Å²) in [5.41, 5.74) is 1.85. The number of aromatic amines is 1. The molecule has 2 aliphatic rings. The third-order valence-electron chi connectivity index (χ3n) is 7.76. The lowest BCUT2D eigenvalue weighted by atomic mass is 9.89. The zero-order valence-corrected chi connectivity index (χ0v) is 21.3. The van der Waals surface area contributed by atoms with Gasteiger partial charge in [0.1, 0.15) is 11.3 Å². The fourth-order valence-electron chi connectivity index (χ4n) is 5.84. The molecule has 2 aromatic heterocycles. The van der Waals surface area contributed by atoms with Gasteiger partial charge in [0.25, 0.3) is 5.56 Å².